The Balaban J connectivity index is 0.00000176. The molecular weight excluding hydrogens is 484 g/mol. The van der Waals surface area contributed by atoms with Crippen LogP contribution in [0.4, 0.5) is 16.2 Å². The molecule has 1 unspecified atom stereocenters. The van der Waals surface area contributed by atoms with Gasteiger partial charge in [0, 0.05) is 50.2 Å². The maximum atomic E-state index is 13.1. The van der Waals surface area contributed by atoms with Gasteiger partial charge in [0.05, 0.1) is 21.8 Å². The normalized spacial score (nSPS) is 17.3. The molecule has 11 heteroatoms. The van der Waals surface area contributed by atoms with E-state index in [1.165, 1.54) is 17.0 Å². The predicted octanol–water partition coefficient (Wildman–Crippen LogP) is 4.69. The highest BCUT2D eigenvalue weighted by atomic mass is 35.5. The van der Waals surface area contributed by atoms with Gasteiger partial charge in [-0.3, -0.25) is 9.59 Å². The third-order valence-corrected chi connectivity index (χ3v) is 6.44. The highest BCUT2D eigenvalue weighted by Gasteiger charge is 2.30. The highest BCUT2D eigenvalue weighted by molar-refractivity contribution is 6.38. The van der Waals surface area contributed by atoms with Gasteiger partial charge in [-0.05, 0) is 49.2 Å². The molecule has 1 atom stereocenters. The largest absolute Gasteiger partial charge is 0.358 e. The molecule has 1 fully saturated rings. The number of hydrogen-bond donors (Lipinski definition) is 3. The molecule has 0 radical (unpaired) electrons. The van der Waals surface area contributed by atoms with Crippen molar-refractivity contribution < 1.29 is 14.4 Å². The molecule has 0 saturated carbocycles. The number of benzene rings is 1. The first kappa shape index (κ1) is 26.9. The van der Waals surface area contributed by atoms with E-state index in [1.807, 2.05) is 13.8 Å². The fourth-order valence-electron chi connectivity index (χ4n) is 4.41. The highest BCUT2D eigenvalue weighted by Crippen LogP contribution is 2.40. The second-order valence-corrected chi connectivity index (χ2v) is 9.11. The van der Waals surface area contributed by atoms with Crippen molar-refractivity contribution in [2.24, 2.45) is 5.18 Å². The second kappa shape index (κ2) is 10.9. The minimum Gasteiger partial charge on any atom is -0.358 e. The smallest absolute Gasteiger partial charge is 0.319 e. The molecule has 2 aliphatic rings. The first-order valence-corrected chi connectivity index (χ1v) is 12.1. The summed E-state index contributed by atoms with van der Waals surface area (Å²) in [5.74, 6) is -0.584. The van der Waals surface area contributed by atoms with E-state index >= 15 is 0 Å². The van der Waals surface area contributed by atoms with Gasteiger partial charge in [-0.2, -0.15) is 0 Å². The number of aryl methyl sites for hydroxylation is 1. The number of amides is 4. The third kappa shape index (κ3) is 5.13. The number of nitrogens with zero attached hydrogens (tertiary/aromatic N) is 3. The van der Waals surface area contributed by atoms with E-state index < -0.39 is 0 Å². The maximum Gasteiger partial charge on any atom is 0.319 e. The van der Waals surface area contributed by atoms with Gasteiger partial charge in [-0.1, -0.05) is 25.4 Å². The van der Waals surface area contributed by atoms with Gasteiger partial charge < -0.3 is 25.4 Å². The summed E-state index contributed by atoms with van der Waals surface area (Å²) in [6.45, 7) is 8.63. The number of H-pyrrole nitrogens is 1. The van der Waals surface area contributed by atoms with Crippen LogP contribution in [0.3, 0.4) is 0 Å². The number of carbonyl (C=O) groups is 3. The second-order valence-electron chi connectivity index (χ2n) is 8.70. The van der Waals surface area contributed by atoms with E-state index in [4.69, 9.17) is 11.6 Å². The molecule has 36 heavy (non-hydrogen) atoms. The van der Waals surface area contributed by atoms with Crippen LogP contribution in [0, 0.1) is 18.8 Å². The van der Waals surface area contributed by atoms with Gasteiger partial charge in [-0.15, -0.1) is 4.91 Å². The SMILES string of the molecule is CC.Cc1[nH]c(/C=C2\C(=O)Nc3cc(Cl)c(N=O)cc32)c(C)c1C(=O)NC1CCN(C(=O)N(C)C)C1. The van der Waals surface area contributed by atoms with Crippen LogP contribution in [-0.4, -0.2) is 65.9 Å². The number of hydrogen-bond acceptors (Lipinski definition) is 5. The van der Waals surface area contributed by atoms with E-state index in [9.17, 15) is 19.3 Å². The van der Waals surface area contributed by atoms with E-state index in [1.54, 1.807) is 38.9 Å². The Morgan fingerprint density at radius 2 is 1.94 bits per heavy atom. The van der Waals surface area contributed by atoms with Crippen LogP contribution in [0.25, 0.3) is 11.6 Å². The number of aromatic nitrogens is 1. The lowest BCUT2D eigenvalue weighted by Crippen LogP contribution is -2.41. The number of aromatic amines is 1. The molecule has 4 amide bonds. The monoisotopic (exact) mass is 514 g/mol. The van der Waals surface area contributed by atoms with E-state index in [0.29, 0.717) is 58.8 Å². The van der Waals surface area contributed by atoms with Crippen LogP contribution in [0.1, 0.15) is 53.1 Å². The number of halogens is 1. The molecule has 3 heterocycles. The summed E-state index contributed by atoms with van der Waals surface area (Å²) in [6.07, 6.45) is 2.33. The maximum absolute atomic E-state index is 13.1. The number of fused-ring (bicyclic) bond motifs is 1. The zero-order valence-corrected chi connectivity index (χ0v) is 22.0. The van der Waals surface area contributed by atoms with Gasteiger partial charge in [0.2, 0.25) is 0 Å². The average molecular weight is 515 g/mol. The minimum atomic E-state index is -0.344. The minimum absolute atomic E-state index is 0.0422. The lowest BCUT2D eigenvalue weighted by Gasteiger charge is -2.21. The van der Waals surface area contributed by atoms with Gasteiger partial charge in [0.15, 0.2) is 0 Å². The number of nitrogens with one attached hydrogen (secondary N) is 3. The Kier molecular flexibility index (Phi) is 8.19. The molecule has 192 valence electrons. The number of anilines is 1. The van der Waals surface area contributed by atoms with E-state index in [2.05, 4.69) is 20.8 Å². The van der Waals surface area contributed by atoms with Crippen LogP contribution in [0.2, 0.25) is 5.02 Å². The number of urea groups is 1. The lowest BCUT2D eigenvalue weighted by molar-refractivity contribution is -0.110. The quantitative estimate of drug-likeness (QED) is 0.404. The molecule has 1 saturated heterocycles. The summed E-state index contributed by atoms with van der Waals surface area (Å²) in [5, 5.41) is 8.81. The number of carbonyl (C=O) groups excluding carboxylic acids is 3. The van der Waals surface area contributed by atoms with Crippen LogP contribution < -0.4 is 10.6 Å². The third-order valence-electron chi connectivity index (χ3n) is 6.14. The van der Waals surface area contributed by atoms with Crippen molar-refractivity contribution in [3.8, 4) is 0 Å². The summed E-state index contributed by atoms with van der Waals surface area (Å²) >= 11 is 6.02. The van der Waals surface area contributed by atoms with Crippen LogP contribution in [0.5, 0.6) is 0 Å². The van der Waals surface area contributed by atoms with Gasteiger partial charge in [0.25, 0.3) is 11.8 Å². The Bertz CT molecular complexity index is 1250. The summed E-state index contributed by atoms with van der Waals surface area (Å²) in [6, 6.07) is 2.74. The summed E-state index contributed by atoms with van der Waals surface area (Å²) in [7, 11) is 3.40. The van der Waals surface area contributed by atoms with Crippen molar-refractivity contribution in [2.45, 2.75) is 40.2 Å². The molecule has 0 bridgehead atoms. The zero-order chi connectivity index (χ0) is 26.7. The Morgan fingerprint density at radius 1 is 1.25 bits per heavy atom. The lowest BCUT2D eigenvalue weighted by atomic mass is 10.0. The Labute approximate surface area is 215 Å². The van der Waals surface area contributed by atoms with Gasteiger partial charge in [0.1, 0.15) is 5.69 Å². The predicted molar refractivity (Wildman–Crippen MR) is 142 cm³/mol. The molecule has 2 aliphatic heterocycles. The number of nitroso groups, excluding NO2 is 1. The first-order valence-electron chi connectivity index (χ1n) is 11.8. The molecule has 10 nitrogen and oxygen atoms in total. The number of likely N-dealkylation sites (tertiary alicyclic amines) is 1. The van der Waals surface area contributed by atoms with Crippen LogP contribution >= 0.6 is 11.6 Å². The molecular formula is C25H31ClN6O4. The summed E-state index contributed by atoms with van der Waals surface area (Å²) in [4.78, 5) is 55.3. The van der Waals surface area contributed by atoms with Crippen molar-refractivity contribution in [3.05, 3.63) is 50.1 Å². The molecule has 4 rings (SSSR count). The Morgan fingerprint density at radius 3 is 2.58 bits per heavy atom. The van der Waals surface area contributed by atoms with Crippen molar-refractivity contribution in [1.29, 1.82) is 0 Å². The van der Waals surface area contributed by atoms with Crippen LogP contribution in [-0.2, 0) is 4.79 Å². The zero-order valence-electron chi connectivity index (χ0n) is 21.3. The van der Waals surface area contributed by atoms with E-state index in [-0.39, 0.29) is 34.6 Å². The van der Waals surface area contributed by atoms with Crippen molar-refractivity contribution >= 4 is 52.5 Å². The molecule has 1 aromatic heterocycles. The molecule has 1 aromatic carbocycles. The molecule has 3 N–H and O–H groups in total. The molecule has 0 spiro atoms. The molecule has 2 aromatic rings. The Hall–Kier alpha value is -3.66. The fourth-order valence-corrected chi connectivity index (χ4v) is 4.61. The fraction of sp³-hybridized carbons (Fsp3) is 0.400. The first-order chi connectivity index (χ1) is 17.1. The van der Waals surface area contributed by atoms with Crippen molar-refractivity contribution in [2.75, 3.05) is 32.5 Å². The number of rotatable bonds is 4. The summed E-state index contributed by atoms with van der Waals surface area (Å²) < 4.78 is 0. The van der Waals surface area contributed by atoms with Gasteiger partial charge >= 0.3 is 6.03 Å². The van der Waals surface area contributed by atoms with Crippen LogP contribution in [0.15, 0.2) is 17.3 Å². The molecule has 0 aliphatic carbocycles. The topological polar surface area (TPSA) is 127 Å². The van der Waals surface area contributed by atoms with Crippen molar-refractivity contribution in [1.82, 2.24) is 20.1 Å². The average Bonchev–Trinajstić information content (AvgIpc) is 3.50. The van der Waals surface area contributed by atoms with Crippen molar-refractivity contribution in [3.63, 3.8) is 0 Å². The standard InChI is InChI=1S/C23H25ClN6O4.C2H6/c1-11-17(8-15-14-7-19(28-34)16(24)9-18(14)27-21(15)31)25-12(2)20(11)22(32)26-13-5-6-30(10-13)23(33)29(3)4;1-2/h7-9,13,25H,5-6,10H2,1-4H3,(H,26,32)(H,27,31);1-2H3/b15-8-;. The van der Waals surface area contributed by atoms with Gasteiger partial charge in [-0.25, -0.2) is 4.79 Å². The summed E-state index contributed by atoms with van der Waals surface area (Å²) in [5.41, 5.74) is 3.82. The van der Waals surface area contributed by atoms with E-state index in [0.717, 1.165) is 0 Å².